The van der Waals surface area contributed by atoms with Gasteiger partial charge in [0.15, 0.2) is 11.9 Å². The van der Waals surface area contributed by atoms with E-state index in [1.165, 1.54) is 12.1 Å². The summed E-state index contributed by atoms with van der Waals surface area (Å²) in [5.41, 5.74) is 1.41. The summed E-state index contributed by atoms with van der Waals surface area (Å²) in [4.78, 5) is 0. The molecule has 0 amide bonds. The summed E-state index contributed by atoms with van der Waals surface area (Å²) >= 11 is 0. The molecule has 1 aliphatic rings. The van der Waals surface area contributed by atoms with Gasteiger partial charge in [0.2, 0.25) is 0 Å². The Hall–Kier alpha value is -1.26. The van der Waals surface area contributed by atoms with Crippen LogP contribution in [0, 0.1) is 12.1 Å². The second-order valence-electron chi connectivity index (χ2n) is 5.21. The van der Waals surface area contributed by atoms with Crippen LogP contribution in [0.15, 0.2) is 18.2 Å². The van der Waals surface area contributed by atoms with Crippen LogP contribution in [-0.4, -0.2) is 51.2 Å². The van der Waals surface area contributed by atoms with E-state index in [0.717, 1.165) is 0 Å². The van der Waals surface area contributed by atoms with E-state index in [-0.39, 0.29) is 5.69 Å². The van der Waals surface area contributed by atoms with Crippen LogP contribution in [0.2, 0.25) is 0 Å². The molecule has 0 saturated carbocycles. The Morgan fingerprint density at radius 2 is 1.86 bits per heavy atom. The smallest absolute Gasteiger partial charge is 0.164 e. The third-order valence-electron chi connectivity index (χ3n) is 3.62. The van der Waals surface area contributed by atoms with Crippen molar-refractivity contribution in [2.45, 2.75) is 44.5 Å². The standard InChI is InChI=1S/C13H20N2O6/c1-6-5-8(15(19)20)3-4-9(6)14-13-12(18)11(17)10(16)7(2)21-13/h3-5,7,10-19H,1-2H3. The Labute approximate surface area is 121 Å². The van der Waals surface area contributed by atoms with E-state index in [0.29, 0.717) is 11.3 Å². The predicted octanol–water partition coefficient (Wildman–Crippen LogP) is -1.36. The predicted molar refractivity (Wildman–Crippen MR) is 72.9 cm³/mol. The minimum absolute atomic E-state index is 0.159. The second-order valence-corrected chi connectivity index (χ2v) is 5.21. The molecule has 8 nitrogen and oxygen atoms in total. The van der Waals surface area contributed by atoms with E-state index >= 15 is 0 Å². The second kappa shape index (κ2) is 6.24. The summed E-state index contributed by atoms with van der Waals surface area (Å²) < 4.78 is 5.43. The Morgan fingerprint density at radius 1 is 1.19 bits per heavy atom. The SMILES string of the molecule is Cc1cc([NH+]([O-])O)ccc1NC1OC(C)C(O)C(O)C1O. The van der Waals surface area contributed by atoms with Crippen molar-refractivity contribution >= 4 is 11.4 Å². The van der Waals surface area contributed by atoms with Crippen LogP contribution in [0.1, 0.15) is 12.5 Å². The molecular weight excluding hydrogens is 280 g/mol. The number of hydrogen-bond donors (Lipinski definition) is 6. The van der Waals surface area contributed by atoms with Gasteiger partial charge in [-0.25, -0.2) is 5.21 Å². The van der Waals surface area contributed by atoms with Crippen molar-refractivity contribution in [3.63, 3.8) is 0 Å². The topological polar surface area (TPSA) is 130 Å². The zero-order valence-electron chi connectivity index (χ0n) is 11.7. The van der Waals surface area contributed by atoms with Crippen molar-refractivity contribution in [3.05, 3.63) is 29.0 Å². The summed E-state index contributed by atoms with van der Waals surface area (Å²) in [7, 11) is 0. The first-order valence-corrected chi connectivity index (χ1v) is 6.61. The summed E-state index contributed by atoms with van der Waals surface area (Å²) in [5, 5.41) is 51.0. The minimum atomic E-state index is -1.31. The summed E-state index contributed by atoms with van der Waals surface area (Å²) in [6.07, 6.45) is -5.31. The molecule has 1 saturated heterocycles. The molecule has 8 heteroatoms. The van der Waals surface area contributed by atoms with Gasteiger partial charge in [-0.1, -0.05) is 0 Å². The number of aliphatic hydroxyl groups is 3. The van der Waals surface area contributed by atoms with Crippen LogP contribution in [0.5, 0.6) is 0 Å². The molecule has 1 fully saturated rings. The fourth-order valence-corrected chi connectivity index (χ4v) is 2.28. The molecule has 0 radical (unpaired) electrons. The Balaban J connectivity index is 2.14. The fourth-order valence-electron chi connectivity index (χ4n) is 2.28. The Bertz CT molecular complexity index is 498. The van der Waals surface area contributed by atoms with Gasteiger partial charge in [-0.3, -0.25) is 0 Å². The van der Waals surface area contributed by atoms with E-state index in [2.05, 4.69) is 5.32 Å². The van der Waals surface area contributed by atoms with E-state index < -0.39 is 35.9 Å². The molecule has 0 aromatic heterocycles. The molecule has 6 atom stereocenters. The van der Waals surface area contributed by atoms with Crippen molar-refractivity contribution in [2.24, 2.45) is 0 Å². The number of anilines is 1. The number of aryl methyl sites for hydroxylation is 1. The van der Waals surface area contributed by atoms with Crippen molar-refractivity contribution in [1.29, 1.82) is 0 Å². The number of aliphatic hydroxyl groups excluding tert-OH is 3. The highest BCUT2D eigenvalue weighted by molar-refractivity contribution is 5.55. The fraction of sp³-hybridized carbons (Fsp3) is 0.538. The highest BCUT2D eigenvalue weighted by atomic mass is 16.8. The molecule has 6 unspecified atom stereocenters. The number of benzene rings is 1. The third-order valence-corrected chi connectivity index (χ3v) is 3.62. The van der Waals surface area contributed by atoms with Gasteiger partial charge >= 0.3 is 0 Å². The molecule has 2 rings (SSSR count). The molecule has 6 N–H and O–H groups in total. The summed E-state index contributed by atoms with van der Waals surface area (Å²) in [5.74, 6) is 0. The Morgan fingerprint density at radius 3 is 2.43 bits per heavy atom. The average molecular weight is 300 g/mol. The molecule has 1 aliphatic heterocycles. The largest absolute Gasteiger partial charge is 0.595 e. The molecule has 0 bridgehead atoms. The molecule has 21 heavy (non-hydrogen) atoms. The zero-order valence-corrected chi connectivity index (χ0v) is 11.7. The molecule has 0 aliphatic carbocycles. The number of quaternary nitrogens is 1. The maximum Gasteiger partial charge on any atom is 0.164 e. The first-order chi connectivity index (χ1) is 9.81. The number of hydrogen-bond acceptors (Lipinski definition) is 7. The normalized spacial score (nSPS) is 34.5. The maximum absolute atomic E-state index is 10.9. The van der Waals surface area contributed by atoms with Crippen molar-refractivity contribution < 1.29 is 30.5 Å². The molecule has 118 valence electrons. The van der Waals surface area contributed by atoms with Gasteiger partial charge in [0.05, 0.1) is 6.10 Å². The maximum atomic E-state index is 10.9. The van der Waals surface area contributed by atoms with E-state index in [1.54, 1.807) is 19.9 Å². The van der Waals surface area contributed by atoms with E-state index in [1.807, 2.05) is 0 Å². The highest BCUT2D eigenvalue weighted by Crippen LogP contribution is 2.25. The van der Waals surface area contributed by atoms with Crippen LogP contribution in [0.4, 0.5) is 11.4 Å². The summed E-state index contributed by atoms with van der Waals surface area (Å²) in [6, 6.07) is 4.49. The number of nitrogens with one attached hydrogen (secondary N) is 2. The van der Waals surface area contributed by atoms with Crippen LogP contribution in [0.25, 0.3) is 0 Å². The monoisotopic (exact) mass is 300 g/mol. The lowest BCUT2D eigenvalue weighted by Gasteiger charge is -2.40. The minimum Gasteiger partial charge on any atom is -0.595 e. The first-order valence-electron chi connectivity index (χ1n) is 6.61. The quantitative estimate of drug-likeness (QED) is 0.380. The molecular formula is C13H20N2O6. The molecule has 1 aromatic rings. The number of ether oxygens (including phenoxy) is 1. The molecule has 1 aromatic carbocycles. The van der Waals surface area contributed by atoms with Crippen LogP contribution < -0.4 is 10.5 Å². The molecule has 0 spiro atoms. The number of rotatable bonds is 3. The van der Waals surface area contributed by atoms with E-state index in [4.69, 9.17) is 9.94 Å². The van der Waals surface area contributed by atoms with Crippen molar-refractivity contribution in [1.82, 2.24) is 0 Å². The van der Waals surface area contributed by atoms with E-state index in [9.17, 15) is 20.5 Å². The van der Waals surface area contributed by atoms with Crippen molar-refractivity contribution in [2.75, 3.05) is 5.32 Å². The van der Waals surface area contributed by atoms with Gasteiger partial charge < -0.3 is 30.6 Å². The third kappa shape index (κ3) is 3.33. The van der Waals surface area contributed by atoms with Crippen LogP contribution in [-0.2, 0) is 4.74 Å². The first kappa shape index (κ1) is 16.1. The lowest BCUT2D eigenvalue weighted by molar-refractivity contribution is -0.991. The van der Waals surface area contributed by atoms with Crippen molar-refractivity contribution in [3.8, 4) is 0 Å². The van der Waals surface area contributed by atoms with Gasteiger partial charge in [-0.15, -0.1) is 0 Å². The van der Waals surface area contributed by atoms with Crippen LogP contribution >= 0.6 is 0 Å². The van der Waals surface area contributed by atoms with Gasteiger partial charge in [-0.2, -0.15) is 5.23 Å². The van der Waals surface area contributed by atoms with Gasteiger partial charge in [0.1, 0.15) is 18.3 Å². The lowest BCUT2D eigenvalue weighted by atomic mass is 9.99. The average Bonchev–Trinajstić information content (AvgIpc) is 2.44. The Kier molecular flexibility index (Phi) is 4.79. The van der Waals surface area contributed by atoms with Crippen LogP contribution in [0.3, 0.4) is 0 Å². The molecule has 1 heterocycles. The van der Waals surface area contributed by atoms with Gasteiger partial charge in [0, 0.05) is 17.8 Å². The zero-order chi connectivity index (χ0) is 15.7. The lowest BCUT2D eigenvalue weighted by Crippen LogP contribution is -2.99. The highest BCUT2D eigenvalue weighted by Gasteiger charge is 2.41. The van der Waals surface area contributed by atoms with Gasteiger partial charge in [-0.05, 0) is 25.5 Å². The summed E-state index contributed by atoms with van der Waals surface area (Å²) in [6.45, 7) is 3.31. The van der Waals surface area contributed by atoms with Gasteiger partial charge in [0.25, 0.3) is 0 Å².